The fourth-order valence-corrected chi connectivity index (χ4v) is 2.29. The van der Waals surface area contributed by atoms with Gasteiger partial charge < -0.3 is 9.29 Å². The molecule has 0 fully saturated rings. The van der Waals surface area contributed by atoms with Crippen molar-refractivity contribution < 1.29 is 22.5 Å². The molecule has 1 rings (SSSR count). The Bertz CT molecular complexity index is 768. The molecule has 0 spiro atoms. The number of allylic oxidation sites excluding steroid dienone is 4. The Morgan fingerprint density at radius 3 is 2.26 bits per heavy atom. The van der Waals surface area contributed by atoms with Crippen molar-refractivity contribution in [1.29, 1.82) is 0 Å². The van der Waals surface area contributed by atoms with Crippen LogP contribution in [0.5, 0.6) is 0 Å². The van der Waals surface area contributed by atoms with Crippen LogP contribution in [0.3, 0.4) is 0 Å². The van der Waals surface area contributed by atoms with E-state index in [2.05, 4.69) is 17.3 Å². The third-order valence-corrected chi connectivity index (χ3v) is 3.71. The molecule has 23 heavy (non-hydrogen) atoms. The molecule has 120 valence electrons. The van der Waals surface area contributed by atoms with E-state index < -0.39 is 16.1 Å². The normalized spacial score (nSPS) is 12.4. The van der Waals surface area contributed by atoms with Gasteiger partial charge in [-0.1, -0.05) is 49.6 Å². The second kappa shape index (κ2) is 8.55. The van der Waals surface area contributed by atoms with Crippen molar-refractivity contribution in [3.05, 3.63) is 90.1 Å². The average Bonchev–Trinajstić information content (AvgIpc) is 2.50. The molecule has 0 atom stereocenters. The molecule has 6 heteroatoms. The van der Waals surface area contributed by atoms with Gasteiger partial charge in [0.15, 0.2) is 0 Å². The topological polar surface area (TPSA) is 80.7 Å². The lowest BCUT2D eigenvalue weighted by molar-refractivity contribution is -0.131. The van der Waals surface area contributed by atoms with E-state index >= 15 is 0 Å². The molecule has 1 aromatic rings. The number of carbonyl (C=O) groups is 1. The second-order valence-corrected chi connectivity index (χ2v) is 5.83. The Morgan fingerprint density at radius 2 is 1.70 bits per heavy atom. The zero-order valence-corrected chi connectivity index (χ0v) is 13.1. The highest BCUT2D eigenvalue weighted by atomic mass is 32.2. The first kappa shape index (κ1) is 18.2. The molecule has 5 nitrogen and oxygen atoms in total. The van der Waals surface area contributed by atoms with Crippen molar-refractivity contribution in [2.45, 2.75) is 0 Å². The van der Waals surface area contributed by atoms with Gasteiger partial charge in [0.2, 0.25) is 0 Å². The van der Waals surface area contributed by atoms with Crippen molar-refractivity contribution in [1.82, 2.24) is 0 Å². The summed E-state index contributed by atoms with van der Waals surface area (Å²) in [6.45, 7) is 6.85. The summed E-state index contributed by atoms with van der Waals surface area (Å²) >= 11 is 0. The second-order valence-electron chi connectivity index (χ2n) is 4.25. The number of benzene rings is 1. The van der Waals surface area contributed by atoms with Crippen molar-refractivity contribution >= 4 is 22.2 Å². The molecule has 0 aliphatic rings. The van der Waals surface area contributed by atoms with Crippen LogP contribution in [0.1, 0.15) is 5.56 Å². The number of hydrogen-bond acceptors (Lipinski definition) is 4. The Kier molecular flexibility index (Phi) is 6.76. The van der Waals surface area contributed by atoms with E-state index in [1.165, 1.54) is 24.3 Å². The SMILES string of the molecule is C=COS(=O)(=O)C(C=CC(=C)C=CC(=O)O)=Cc1ccccc1. The summed E-state index contributed by atoms with van der Waals surface area (Å²) < 4.78 is 28.7. The zero-order valence-electron chi connectivity index (χ0n) is 12.3. The molecule has 0 aromatic heterocycles. The standard InChI is InChI=1S/C17H16O5S/c1-3-22-23(20,21)16(13-15-7-5-4-6-8-15)11-9-14(2)10-12-17(18)19/h3-13H,1-2H2,(H,18,19). The molecule has 0 saturated carbocycles. The van der Waals surface area contributed by atoms with E-state index in [0.717, 1.165) is 12.3 Å². The highest BCUT2D eigenvalue weighted by Gasteiger charge is 2.15. The van der Waals surface area contributed by atoms with Gasteiger partial charge in [-0.3, -0.25) is 0 Å². The van der Waals surface area contributed by atoms with E-state index in [9.17, 15) is 13.2 Å². The highest BCUT2D eigenvalue weighted by molar-refractivity contribution is 7.91. The first-order valence-corrected chi connectivity index (χ1v) is 7.85. The summed E-state index contributed by atoms with van der Waals surface area (Å²) in [5, 5.41) is 8.54. The van der Waals surface area contributed by atoms with Gasteiger partial charge in [0.1, 0.15) is 4.91 Å². The minimum Gasteiger partial charge on any atom is -0.478 e. The van der Waals surface area contributed by atoms with Crippen LogP contribution >= 0.6 is 0 Å². The van der Waals surface area contributed by atoms with Gasteiger partial charge in [0, 0.05) is 6.08 Å². The summed E-state index contributed by atoms with van der Waals surface area (Å²) in [6.07, 6.45) is 7.05. The van der Waals surface area contributed by atoms with Gasteiger partial charge in [0.25, 0.3) is 0 Å². The molecule has 1 aromatic carbocycles. The number of carboxylic acids is 1. The predicted octanol–water partition coefficient (Wildman–Crippen LogP) is 3.27. The Balaban J connectivity index is 3.16. The molecule has 0 amide bonds. The molecule has 0 heterocycles. The van der Waals surface area contributed by atoms with Crippen molar-refractivity contribution in [2.75, 3.05) is 0 Å². The maximum atomic E-state index is 12.1. The van der Waals surface area contributed by atoms with E-state index in [4.69, 9.17) is 5.11 Å². The van der Waals surface area contributed by atoms with E-state index in [1.54, 1.807) is 30.3 Å². The summed E-state index contributed by atoms with van der Waals surface area (Å²) in [7, 11) is -4.02. The van der Waals surface area contributed by atoms with Gasteiger partial charge in [-0.15, -0.1) is 0 Å². The number of aliphatic carboxylic acids is 1. The predicted molar refractivity (Wildman–Crippen MR) is 89.7 cm³/mol. The Morgan fingerprint density at radius 1 is 1.09 bits per heavy atom. The van der Waals surface area contributed by atoms with E-state index in [0.29, 0.717) is 11.1 Å². The molecule has 0 aliphatic heterocycles. The lowest BCUT2D eigenvalue weighted by Crippen LogP contribution is -2.03. The number of carboxylic acid groups (broad SMARTS) is 1. The average molecular weight is 332 g/mol. The van der Waals surface area contributed by atoms with Gasteiger partial charge in [-0.25, -0.2) is 4.79 Å². The van der Waals surface area contributed by atoms with Crippen LogP contribution in [0.2, 0.25) is 0 Å². The Labute approximate surface area is 135 Å². The lowest BCUT2D eigenvalue weighted by Gasteiger charge is -2.04. The minimum atomic E-state index is -4.02. The summed E-state index contributed by atoms with van der Waals surface area (Å²) in [6, 6.07) is 8.80. The lowest BCUT2D eigenvalue weighted by atomic mass is 10.2. The van der Waals surface area contributed by atoms with Crippen LogP contribution in [0, 0.1) is 0 Å². The van der Waals surface area contributed by atoms with Gasteiger partial charge in [0.05, 0.1) is 6.26 Å². The smallest absolute Gasteiger partial charge is 0.338 e. The third-order valence-electron chi connectivity index (χ3n) is 2.49. The minimum absolute atomic E-state index is 0.117. The molecular weight excluding hydrogens is 316 g/mol. The third kappa shape index (κ3) is 6.62. The summed E-state index contributed by atoms with van der Waals surface area (Å²) in [5.74, 6) is -1.12. The monoisotopic (exact) mass is 332 g/mol. The number of rotatable bonds is 8. The van der Waals surface area contributed by atoms with Crippen molar-refractivity contribution in [3.63, 3.8) is 0 Å². The highest BCUT2D eigenvalue weighted by Crippen LogP contribution is 2.17. The largest absolute Gasteiger partial charge is 0.478 e. The molecule has 0 radical (unpaired) electrons. The first-order chi connectivity index (χ1) is 10.8. The van der Waals surface area contributed by atoms with Gasteiger partial charge >= 0.3 is 16.1 Å². The summed E-state index contributed by atoms with van der Waals surface area (Å²) in [5.41, 5.74) is 0.982. The molecule has 0 aliphatic carbocycles. The maximum Gasteiger partial charge on any atom is 0.338 e. The van der Waals surface area contributed by atoms with Gasteiger partial charge in [-0.05, 0) is 29.4 Å². The van der Waals surface area contributed by atoms with Crippen LogP contribution in [0.25, 0.3) is 6.08 Å². The molecular formula is C17H16O5S. The number of hydrogen-bond donors (Lipinski definition) is 1. The van der Waals surface area contributed by atoms with E-state index in [1.807, 2.05) is 0 Å². The van der Waals surface area contributed by atoms with Crippen molar-refractivity contribution in [3.8, 4) is 0 Å². The molecule has 0 unspecified atom stereocenters. The molecule has 0 saturated heterocycles. The van der Waals surface area contributed by atoms with Crippen molar-refractivity contribution in [2.24, 2.45) is 0 Å². The quantitative estimate of drug-likeness (QED) is 0.342. The van der Waals surface area contributed by atoms with Crippen LogP contribution in [0.15, 0.2) is 84.5 Å². The van der Waals surface area contributed by atoms with Crippen LogP contribution in [-0.2, 0) is 19.1 Å². The van der Waals surface area contributed by atoms with Gasteiger partial charge in [-0.2, -0.15) is 8.42 Å². The zero-order chi connectivity index (χ0) is 17.3. The Hall–Kier alpha value is -2.86. The van der Waals surface area contributed by atoms with Crippen LogP contribution in [0.4, 0.5) is 0 Å². The molecule has 0 bridgehead atoms. The summed E-state index contributed by atoms with van der Waals surface area (Å²) in [4.78, 5) is 10.3. The van der Waals surface area contributed by atoms with Crippen LogP contribution in [-0.4, -0.2) is 19.5 Å². The maximum absolute atomic E-state index is 12.1. The van der Waals surface area contributed by atoms with E-state index in [-0.39, 0.29) is 4.91 Å². The molecule has 1 N–H and O–H groups in total. The fourth-order valence-electron chi connectivity index (χ4n) is 1.49. The fraction of sp³-hybridized carbons (Fsp3) is 0. The van der Waals surface area contributed by atoms with Crippen LogP contribution < -0.4 is 0 Å². The first-order valence-electron chi connectivity index (χ1n) is 6.44.